The molecule has 0 radical (unpaired) electrons. The normalized spacial score (nSPS) is 11.6. The summed E-state index contributed by atoms with van der Waals surface area (Å²) in [5.74, 6) is -1.10. The molecule has 2 aromatic rings. The van der Waals surface area contributed by atoms with Crippen molar-refractivity contribution in [2.75, 3.05) is 6.61 Å². The first kappa shape index (κ1) is 20.4. The molecular weight excluding hydrogens is 346 g/mol. The van der Waals surface area contributed by atoms with E-state index in [-0.39, 0.29) is 29.8 Å². The molecule has 144 valence electrons. The van der Waals surface area contributed by atoms with Crippen molar-refractivity contribution in [2.45, 2.75) is 45.7 Å². The van der Waals surface area contributed by atoms with Crippen molar-refractivity contribution >= 4 is 11.9 Å². The Balaban J connectivity index is 1.78. The first-order valence-corrected chi connectivity index (χ1v) is 9.08. The average molecular weight is 371 g/mol. The molecule has 0 aliphatic rings. The molecule has 0 bridgehead atoms. The Bertz CT molecular complexity index is 817. The predicted molar refractivity (Wildman–Crippen MR) is 101 cm³/mol. The van der Waals surface area contributed by atoms with Gasteiger partial charge >= 0.3 is 5.97 Å². The number of hydrogen-bond donors (Lipinski definition) is 1. The zero-order valence-electron chi connectivity index (χ0n) is 15.7. The summed E-state index contributed by atoms with van der Waals surface area (Å²) in [6.07, 6.45) is 2.35. The van der Waals surface area contributed by atoms with Crippen LogP contribution in [0.15, 0.2) is 47.3 Å². The molecular formula is C20H25N3O4. The Morgan fingerprint density at radius 2 is 1.93 bits per heavy atom. The smallest absolute Gasteiger partial charge is 0.359 e. The van der Waals surface area contributed by atoms with E-state index in [9.17, 15) is 14.4 Å². The van der Waals surface area contributed by atoms with Crippen molar-refractivity contribution < 1.29 is 14.3 Å². The number of nitrogens with one attached hydrogen (secondary N) is 1. The van der Waals surface area contributed by atoms with Crippen LogP contribution in [0.4, 0.5) is 0 Å². The molecule has 0 aliphatic heterocycles. The zero-order chi connectivity index (χ0) is 19.6. The highest BCUT2D eigenvalue weighted by Gasteiger charge is 2.14. The van der Waals surface area contributed by atoms with Gasteiger partial charge in [-0.1, -0.05) is 37.3 Å². The van der Waals surface area contributed by atoms with Crippen LogP contribution in [0.3, 0.4) is 0 Å². The maximum atomic E-state index is 12.0. The highest BCUT2D eigenvalue weighted by atomic mass is 16.5. The molecule has 7 heteroatoms. The van der Waals surface area contributed by atoms with Crippen LogP contribution in [-0.4, -0.2) is 34.3 Å². The summed E-state index contributed by atoms with van der Waals surface area (Å²) in [5, 5.41) is 6.77. The van der Waals surface area contributed by atoms with Gasteiger partial charge in [-0.05, 0) is 37.8 Å². The van der Waals surface area contributed by atoms with Crippen LogP contribution in [0.25, 0.3) is 0 Å². The second-order valence-corrected chi connectivity index (χ2v) is 6.35. The van der Waals surface area contributed by atoms with Crippen LogP contribution < -0.4 is 10.9 Å². The number of carbonyl (C=O) groups excluding carboxylic acids is 2. The number of amides is 1. The van der Waals surface area contributed by atoms with Crippen molar-refractivity contribution in [1.29, 1.82) is 0 Å². The molecule has 7 nitrogen and oxygen atoms in total. The predicted octanol–water partition coefficient (Wildman–Crippen LogP) is 1.95. The van der Waals surface area contributed by atoms with Crippen molar-refractivity contribution in [3.05, 3.63) is 64.1 Å². The molecule has 0 aliphatic carbocycles. The van der Waals surface area contributed by atoms with Gasteiger partial charge in [-0.3, -0.25) is 9.59 Å². The summed E-state index contributed by atoms with van der Waals surface area (Å²) in [4.78, 5) is 35.6. The fraction of sp³-hybridized carbons (Fsp3) is 0.400. The van der Waals surface area contributed by atoms with Crippen molar-refractivity contribution in [3.8, 4) is 0 Å². The molecule has 1 N–H and O–H groups in total. The van der Waals surface area contributed by atoms with E-state index in [4.69, 9.17) is 4.74 Å². The fourth-order valence-electron chi connectivity index (χ4n) is 2.55. The summed E-state index contributed by atoms with van der Waals surface area (Å²) in [6.45, 7) is 3.84. The highest BCUT2D eigenvalue weighted by Crippen LogP contribution is 2.04. The van der Waals surface area contributed by atoms with Gasteiger partial charge in [-0.15, -0.1) is 0 Å². The summed E-state index contributed by atoms with van der Waals surface area (Å²) in [5.41, 5.74) is 0.935. The minimum atomic E-state index is -0.730. The van der Waals surface area contributed by atoms with Gasteiger partial charge in [0.15, 0.2) is 12.3 Å². The maximum absolute atomic E-state index is 12.0. The number of hydrogen-bond acceptors (Lipinski definition) is 5. The van der Waals surface area contributed by atoms with E-state index in [0.717, 1.165) is 12.8 Å². The van der Waals surface area contributed by atoms with Gasteiger partial charge < -0.3 is 10.1 Å². The lowest BCUT2D eigenvalue weighted by Gasteiger charge is -2.14. The number of carbonyl (C=O) groups is 2. The topological polar surface area (TPSA) is 90.3 Å². The van der Waals surface area contributed by atoms with Crippen LogP contribution in [0.1, 0.15) is 42.7 Å². The van der Waals surface area contributed by atoms with E-state index >= 15 is 0 Å². The summed E-state index contributed by atoms with van der Waals surface area (Å²) < 4.78 is 6.21. The Hall–Kier alpha value is -2.96. The van der Waals surface area contributed by atoms with Crippen LogP contribution in [0.5, 0.6) is 0 Å². The largest absolute Gasteiger partial charge is 0.451 e. The Kier molecular flexibility index (Phi) is 7.73. The van der Waals surface area contributed by atoms with Gasteiger partial charge in [0.2, 0.25) is 0 Å². The molecule has 1 atom stereocenters. The molecule has 1 heterocycles. The number of aromatic nitrogens is 2. The Morgan fingerprint density at radius 3 is 2.63 bits per heavy atom. The monoisotopic (exact) mass is 371 g/mol. The maximum Gasteiger partial charge on any atom is 0.359 e. The average Bonchev–Trinajstić information content (AvgIpc) is 2.67. The number of aryl methyl sites for hydroxylation is 2. The van der Waals surface area contributed by atoms with Crippen LogP contribution in [0.2, 0.25) is 0 Å². The Labute approximate surface area is 158 Å². The number of benzene rings is 1. The van der Waals surface area contributed by atoms with E-state index in [0.29, 0.717) is 13.0 Å². The SMILES string of the molecule is CCCn1nc(C(=O)OCC(=O)NC(C)CCc2ccccc2)ccc1=O. The number of esters is 1. The molecule has 1 amide bonds. The molecule has 27 heavy (non-hydrogen) atoms. The van der Waals surface area contributed by atoms with E-state index in [1.165, 1.54) is 22.4 Å². The molecule has 0 fully saturated rings. The third kappa shape index (κ3) is 6.69. The molecule has 1 aromatic heterocycles. The second kappa shape index (κ2) is 10.3. The summed E-state index contributed by atoms with van der Waals surface area (Å²) >= 11 is 0. The van der Waals surface area contributed by atoms with Gasteiger partial charge in [0, 0.05) is 18.7 Å². The lowest BCUT2D eigenvalue weighted by atomic mass is 10.1. The number of nitrogens with zero attached hydrogens (tertiary/aromatic N) is 2. The van der Waals surface area contributed by atoms with Gasteiger partial charge in [0.05, 0.1) is 0 Å². The van der Waals surface area contributed by atoms with E-state index in [1.54, 1.807) is 0 Å². The lowest BCUT2D eigenvalue weighted by Crippen LogP contribution is -2.36. The zero-order valence-corrected chi connectivity index (χ0v) is 15.7. The van der Waals surface area contributed by atoms with Gasteiger partial charge in [0.1, 0.15) is 0 Å². The lowest BCUT2D eigenvalue weighted by molar-refractivity contribution is -0.124. The minimum absolute atomic E-state index is 0.00739. The number of ether oxygens (including phenoxy) is 1. The first-order valence-electron chi connectivity index (χ1n) is 9.08. The molecule has 0 spiro atoms. The highest BCUT2D eigenvalue weighted by molar-refractivity contribution is 5.89. The Morgan fingerprint density at radius 1 is 1.19 bits per heavy atom. The van der Waals surface area contributed by atoms with E-state index in [2.05, 4.69) is 10.4 Å². The molecule has 2 rings (SSSR count). The van der Waals surface area contributed by atoms with Crippen molar-refractivity contribution in [1.82, 2.24) is 15.1 Å². The molecule has 0 saturated carbocycles. The van der Waals surface area contributed by atoms with Crippen LogP contribution >= 0.6 is 0 Å². The minimum Gasteiger partial charge on any atom is -0.451 e. The number of rotatable bonds is 9. The van der Waals surface area contributed by atoms with Gasteiger partial charge in [-0.25, -0.2) is 9.48 Å². The van der Waals surface area contributed by atoms with E-state index in [1.807, 2.05) is 44.2 Å². The van der Waals surface area contributed by atoms with Crippen molar-refractivity contribution in [2.24, 2.45) is 0 Å². The van der Waals surface area contributed by atoms with Gasteiger partial charge in [0.25, 0.3) is 11.5 Å². The molecule has 1 unspecified atom stereocenters. The first-order chi connectivity index (χ1) is 13.0. The second-order valence-electron chi connectivity index (χ2n) is 6.35. The van der Waals surface area contributed by atoms with Gasteiger partial charge in [-0.2, -0.15) is 5.10 Å². The molecule has 1 aromatic carbocycles. The van der Waals surface area contributed by atoms with Crippen LogP contribution in [0, 0.1) is 0 Å². The quantitative estimate of drug-likeness (QED) is 0.681. The molecule has 0 saturated heterocycles. The summed E-state index contributed by atoms with van der Waals surface area (Å²) in [6, 6.07) is 12.5. The third-order valence-corrected chi connectivity index (χ3v) is 3.96. The van der Waals surface area contributed by atoms with Crippen LogP contribution in [-0.2, 0) is 22.5 Å². The fourth-order valence-corrected chi connectivity index (χ4v) is 2.55. The standard InChI is InChI=1S/C20H25N3O4/c1-3-13-23-19(25)12-11-17(22-23)20(26)27-14-18(24)21-15(2)9-10-16-7-5-4-6-8-16/h4-8,11-12,15H,3,9-10,13-14H2,1-2H3,(H,21,24). The third-order valence-electron chi connectivity index (χ3n) is 3.96. The summed E-state index contributed by atoms with van der Waals surface area (Å²) in [7, 11) is 0. The van der Waals surface area contributed by atoms with E-state index < -0.39 is 5.97 Å². The van der Waals surface area contributed by atoms with Crippen molar-refractivity contribution in [3.63, 3.8) is 0 Å².